The standard InChI is InChI=1S/C11H18N4.C9H10O2/c1-2-13-10-4-3-5-14-11(10)15-8-6-12-7-9-15;1-8(10)11-7-9-5-3-2-4-6-9/h3-5,12-13H,2,6-9H2,1H3;2-6H,7H2,1H3. The van der Waals surface area contributed by atoms with Crippen molar-refractivity contribution in [3.8, 4) is 0 Å². The number of nitrogens with zero attached hydrogens (tertiary/aromatic N) is 2. The fourth-order valence-electron chi connectivity index (χ4n) is 2.61. The molecule has 0 saturated carbocycles. The smallest absolute Gasteiger partial charge is 0.302 e. The number of pyridine rings is 1. The Bertz CT molecular complexity index is 658. The predicted octanol–water partition coefficient (Wildman–Crippen LogP) is 2.67. The molecule has 1 aliphatic heterocycles. The van der Waals surface area contributed by atoms with Gasteiger partial charge in [0.05, 0.1) is 5.69 Å². The Morgan fingerprint density at radius 2 is 1.92 bits per heavy atom. The van der Waals surface area contributed by atoms with Crippen LogP contribution in [0.4, 0.5) is 11.5 Å². The van der Waals surface area contributed by atoms with E-state index in [0.29, 0.717) is 6.61 Å². The number of ether oxygens (including phenoxy) is 1. The van der Waals surface area contributed by atoms with Crippen LogP contribution in [0.15, 0.2) is 48.7 Å². The number of carbonyl (C=O) groups excluding carboxylic acids is 1. The summed E-state index contributed by atoms with van der Waals surface area (Å²) >= 11 is 0. The van der Waals surface area contributed by atoms with Crippen LogP contribution in [0, 0.1) is 0 Å². The minimum Gasteiger partial charge on any atom is -0.461 e. The number of nitrogens with one attached hydrogen (secondary N) is 2. The second kappa shape index (κ2) is 11.1. The van der Waals surface area contributed by atoms with Crippen LogP contribution >= 0.6 is 0 Å². The van der Waals surface area contributed by atoms with Gasteiger partial charge in [-0.05, 0) is 24.6 Å². The molecule has 2 N–H and O–H groups in total. The number of esters is 1. The second-order valence-electron chi connectivity index (χ2n) is 5.91. The first-order chi connectivity index (χ1) is 12.7. The molecule has 0 amide bonds. The summed E-state index contributed by atoms with van der Waals surface area (Å²) in [7, 11) is 0. The molecule has 6 nitrogen and oxygen atoms in total. The maximum Gasteiger partial charge on any atom is 0.302 e. The van der Waals surface area contributed by atoms with E-state index in [1.165, 1.54) is 6.92 Å². The van der Waals surface area contributed by atoms with E-state index < -0.39 is 0 Å². The quantitative estimate of drug-likeness (QED) is 0.803. The van der Waals surface area contributed by atoms with Crippen LogP contribution in [0.3, 0.4) is 0 Å². The Balaban J connectivity index is 0.000000197. The Morgan fingerprint density at radius 3 is 2.58 bits per heavy atom. The number of hydrogen-bond acceptors (Lipinski definition) is 6. The highest BCUT2D eigenvalue weighted by atomic mass is 16.5. The summed E-state index contributed by atoms with van der Waals surface area (Å²) < 4.78 is 4.79. The van der Waals surface area contributed by atoms with Gasteiger partial charge >= 0.3 is 5.97 Å². The van der Waals surface area contributed by atoms with Gasteiger partial charge in [-0.2, -0.15) is 0 Å². The van der Waals surface area contributed by atoms with E-state index in [4.69, 9.17) is 4.74 Å². The lowest BCUT2D eigenvalue weighted by molar-refractivity contribution is -0.142. The lowest BCUT2D eigenvalue weighted by atomic mass is 10.2. The highest BCUT2D eigenvalue weighted by Crippen LogP contribution is 2.22. The topological polar surface area (TPSA) is 66.5 Å². The van der Waals surface area contributed by atoms with Crippen molar-refractivity contribution in [2.75, 3.05) is 42.9 Å². The van der Waals surface area contributed by atoms with Gasteiger partial charge in [0, 0.05) is 45.8 Å². The summed E-state index contributed by atoms with van der Waals surface area (Å²) in [6.45, 7) is 8.98. The number of rotatable bonds is 5. The lowest BCUT2D eigenvalue weighted by Crippen LogP contribution is -2.44. The van der Waals surface area contributed by atoms with E-state index in [9.17, 15) is 4.79 Å². The molecule has 2 aromatic rings. The SMILES string of the molecule is CC(=O)OCc1ccccc1.CCNc1cccnc1N1CCNCC1. The molecule has 6 heteroatoms. The van der Waals surface area contributed by atoms with Crippen LogP contribution in [0.25, 0.3) is 0 Å². The van der Waals surface area contributed by atoms with Gasteiger partial charge in [0.15, 0.2) is 5.82 Å². The molecular weight excluding hydrogens is 328 g/mol. The molecule has 1 fully saturated rings. The van der Waals surface area contributed by atoms with Gasteiger partial charge in [0.2, 0.25) is 0 Å². The average molecular weight is 356 g/mol. The fraction of sp³-hybridized carbons (Fsp3) is 0.400. The minimum absolute atomic E-state index is 0.242. The zero-order chi connectivity index (χ0) is 18.6. The van der Waals surface area contributed by atoms with Crippen molar-refractivity contribution in [2.24, 2.45) is 0 Å². The highest BCUT2D eigenvalue weighted by molar-refractivity contribution is 5.66. The summed E-state index contributed by atoms with van der Waals surface area (Å²) in [5, 5.41) is 6.69. The molecule has 0 aliphatic carbocycles. The minimum atomic E-state index is -0.242. The average Bonchev–Trinajstić information content (AvgIpc) is 2.69. The van der Waals surface area contributed by atoms with Crippen molar-refractivity contribution >= 4 is 17.5 Å². The summed E-state index contributed by atoms with van der Waals surface area (Å²) in [6.07, 6.45) is 1.86. The molecule has 140 valence electrons. The molecule has 26 heavy (non-hydrogen) atoms. The van der Waals surface area contributed by atoms with Crippen LogP contribution in [0.5, 0.6) is 0 Å². The van der Waals surface area contributed by atoms with Crippen LogP contribution in [0.1, 0.15) is 19.4 Å². The monoisotopic (exact) mass is 356 g/mol. The largest absolute Gasteiger partial charge is 0.461 e. The molecule has 0 spiro atoms. The van der Waals surface area contributed by atoms with Crippen molar-refractivity contribution in [1.29, 1.82) is 0 Å². The van der Waals surface area contributed by atoms with Gasteiger partial charge in [-0.1, -0.05) is 30.3 Å². The molecule has 3 rings (SSSR count). The first-order valence-corrected chi connectivity index (χ1v) is 9.02. The van der Waals surface area contributed by atoms with E-state index in [-0.39, 0.29) is 5.97 Å². The third-order valence-corrected chi connectivity index (χ3v) is 3.86. The number of benzene rings is 1. The predicted molar refractivity (Wildman–Crippen MR) is 105 cm³/mol. The van der Waals surface area contributed by atoms with Gasteiger partial charge in [0.1, 0.15) is 6.61 Å². The summed E-state index contributed by atoms with van der Waals surface area (Å²) in [4.78, 5) is 17.2. The summed E-state index contributed by atoms with van der Waals surface area (Å²) in [5.41, 5.74) is 2.16. The van der Waals surface area contributed by atoms with Crippen LogP contribution in [-0.2, 0) is 16.1 Å². The van der Waals surface area contributed by atoms with Gasteiger partial charge in [-0.15, -0.1) is 0 Å². The maximum absolute atomic E-state index is 10.4. The van der Waals surface area contributed by atoms with Gasteiger partial charge < -0.3 is 20.3 Å². The number of aromatic nitrogens is 1. The number of carbonyl (C=O) groups is 1. The van der Waals surface area contributed by atoms with Crippen molar-refractivity contribution in [2.45, 2.75) is 20.5 Å². The molecule has 1 aromatic carbocycles. The Hall–Kier alpha value is -2.60. The molecule has 0 atom stereocenters. The summed E-state index contributed by atoms with van der Waals surface area (Å²) in [6, 6.07) is 13.7. The molecule has 1 saturated heterocycles. The number of hydrogen-bond donors (Lipinski definition) is 2. The van der Waals surface area contributed by atoms with Gasteiger partial charge in [0.25, 0.3) is 0 Å². The molecule has 0 radical (unpaired) electrons. The van der Waals surface area contributed by atoms with Gasteiger partial charge in [-0.25, -0.2) is 4.98 Å². The molecule has 2 heterocycles. The van der Waals surface area contributed by atoms with Gasteiger partial charge in [-0.3, -0.25) is 4.79 Å². The third-order valence-electron chi connectivity index (χ3n) is 3.86. The molecule has 1 aromatic heterocycles. The number of piperazine rings is 1. The fourth-order valence-corrected chi connectivity index (χ4v) is 2.61. The molecule has 0 bridgehead atoms. The number of anilines is 2. The highest BCUT2D eigenvalue weighted by Gasteiger charge is 2.14. The Kier molecular flexibility index (Phi) is 8.42. The van der Waals surface area contributed by atoms with Crippen molar-refractivity contribution in [1.82, 2.24) is 10.3 Å². The van der Waals surface area contributed by atoms with E-state index in [2.05, 4.69) is 33.5 Å². The van der Waals surface area contributed by atoms with Crippen LogP contribution in [0.2, 0.25) is 0 Å². The van der Waals surface area contributed by atoms with E-state index >= 15 is 0 Å². The van der Waals surface area contributed by atoms with Crippen LogP contribution < -0.4 is 15.5 Å². The van der Waals surface area contributed by atoms with E-state index in [1.807, 2.05) is 42.6 Å². The van der Waals surface area contributed by atoms with Crippen molar-refractivity contribution in [3.63, 3.8) is 0 Å². The van der Waals surface area contributed by atoms with Crippen molar-refractivity contribution < 1.29 is 9.53 Å². The maximum atomic E-state index is 10.4. The lowest BCUT2D eigenvalue weighted by Gasteiger charge is -2.29. The molecule has 0 unspecified atom stereocenters. The van der Waals surface area contributed by atoms with Crippen molar-refractivity contribution in [3.05, 3.63) is 54.2 Å². The third kappa shape index (κ3) is 6.72. The normalized spacial score (nSPS) is 13.4. The Labute approximate surface area is 155 Å². The zero-order valence-electron chi connectivity index (χ0n) is 15.6. The zero-order valence-corrected chi connectivity index (χ0v) is 15.6. The molecular formula is C20H28N4O2. The molecule has 1 aliphatic rings. The first kappa shape index (κ1) is 19.7. The van der Waals surface area contributed by atoms with E-state index in [1.54, 1.807) is 0 Å². The second-order valence-corrected chi connectivity index (χ2v) is 5.91. The Morgan fingerprint density at radius 1 is 1.19 bits per heavy atom. The van der Waals surface area contributed by atoms with Crippen LogP contribution in [-0.4, -0.2) is 43.7 Å². The summed E-state index contributed by atoms with van der Waals surface area (Å²) in [5.74, 6) is 0.842. The first-order valence-electron chi connectivity index (χ1n) is 9.02. The van der Waals surface area contributed by atoms with E-state index in [0.717, 1.165) is 49.8 Å².